The number of hydrogen-bond acceptors (Lipinski definition) is 7. The molecule has 4 aromatic rings. The van der Waals surface area contributed by atoms with Gasteiger partial charge in [-0.25, -0.2) is 9.67 Å². The number of carbonyl (C=O) groups is 1. The fraction of sp³-hybridized carbons (Fsp3) is 0.105. The number of carbonyl (C=O) groups excluding carboxylic acids is 1. The van der Waals surface area contributed by atoms with Gasteiger partial charge < -0.3 is 4.74 Å². The Labute approximate surface area is 168 Å². The molecule has 0 aliphatic rings. The molecule has 1 N–H and O–H groups in total. The van der Waals surface area contributed by atoms with E-state index in [1.807, 2.05) is 25.1 Å². The number of thiazole rings is 1. The van der Waals surface area contributed by atoms with Crippen LogP contribution in [-0.2, 0) is 6.73 Å². The third-order valence-corrected chi connectivity index (χ3v) is 4.99. The first-order valence-corrected chi connectivity index (χ1v) is 9.39. The number of rotatable bonds is 6. The highest BCUT2D eigenvalue weighted by atomic mass is 32.1. The Balaban J connectivity index is 1.43. The Kier molecular flexibility index (Phi) is 4.92. The molecule has 0 spiro atoms. The molecule has 2 aromatic heterocycles. The van der Waals surface area contributed by atoms with Gasteiger partial charge in [-0.05, 0) is 36.8 Å². The number of nitrogens with zero attached hydrogens (tertiary/aromatic N) is 4. The molecular formula is C19H15N5O4S. The Bertz CT molecular complexity index is 1220. The number of fused-ring (bicyclic) bond motifs is 1. The first-order chi connectivity index (χ1) is 14.0. The van der Waals surface area contributed by atoms with Crippen molar-refractivity contribution in [1.29, 1.82) is 0 Å². The summed E-state index contributed by atoms with van der Waals surface area (Å²) < 4.78 is 7.84. The molecule has 1 amide bonds. The smallest absolute Gasteiger partial charge is 0.311 e. The molecule has 0 unspecified atom stereocenters. The molecule has 2 heterocycles. The second-order valence-corrected chi connectivity index (χ2v) is 7.21. The second kappa shape index (κ2) is 7.68. The van der Waals surface area contributed by atoms with Gasteiger partial charge in [0, 0.05) is 12.3 Å². The van der Waals surface area contributed by atoms with Gasteiger partial charge in [-0.15, -0.1) is 0 Å². The van der Waals surface area contributed by atoms with Gasteiger partial charge in [0.25, 0.3) is 5.91 Å². The monoisotopic (exact) mass is 409 g/mol. The number of aryl methyl sites for hydroxylation is 1. The number of nitro benzene ring substituents is 1. The van der Waals surface area contributed by atoms with Crippen molar-refractivity contribution in [2.24, 2.45) is 0 Å². The van der Waals surface area contributed by atoms with E-state index in [-0.39, 0.29) is 23.9 Å². The average Bonchev–Trinajstić information content (AvgIpc) is 3.32. The molecule has 0 fully saturated rings. The molecule has 9 nitrogen and oxygen atoms in total. The summed E-state index contributed by atoms with van der Waals surface area (Å²) in [6.45, 7) is 1.93. The molecule has 0 saturated carbocycles. The van der Waals surface area contributed by atoms with Crippen LogP contribution in [0.3, 0.4) is 0 Å². The van der Waals surface area contributed by atoms with Gasteiger partial charge >= 0.3 is 5.69 Å². The number of anilines is 1. The van der Waals surface area contributed by atoms with E-state index in [9.17, 15) is 14.9 Å². The highest BCUT2D eigenvalue weighted by Gasteiger charge is 2.15. The van der Waals surface area contributed by atoms with Crippen molar-refractivity contribution in [3.05, 3.63) is 76.1 Å². The summed E-state index contributed by atoms with van der Waals surface area (Å²) in [7, 11) is 0. The molecule has 29 heavy (non-hydrogen) atoms. The zero-order chi connectivity index (χ0) is 20.4. The summed E-state index contributed by atoms with van der Waals surface area (Å²) in [6.07, 6.45) is 1.56. The van der Waals surface area contributed by atoms with Crippen LogP contribution in [0, 0.1) is 17.0 Å². The third-order valence-electron chi connectivity index (χ3n) is 4.05. The number of amides is 1. The Morgan fingerprint density at radius 1 is 1.28 bits per heavy atom. The van der Waals surface area contributed by atoms with Crippen LogP contribution in [0.5, 0.6) is 5.75 Å². The van der Waals surface area contributed by atoms with E-state index >= 15 is 0 Å². The van der Waals surface area contributed by atoms with Crippen LogP contribution >= 0.6 is 11.3 Å². The number of benzene rings is 2. The van der Waals surface area contributed by atoms with E-state index in [0.29, 0.717) is 5.13 Å². The fourth-order valence-corrected chi connectivity index (χ4v) is 3.63. The Morgan fingerprint density at radius 2 is 2.10 bits per heavy atom. The van der Waals surface area contributed by atoms with Crippen LogP contribution in [0.4, 0.5) is 10.8 Å². The summed E-state index contributed by atoms with van der Waals surface area (Å²) in [5.41, 5.74) is 1.99. The standard InChI is InChI=1S/C19H15N5O4S/c1-12-6-7-13-17(10-12)29-19(20-13)21-18(25)14-8-9-23(22-14)11-28-16-5-3-2-4-15(16)24(26)27/h2-10H,11H2,1H3,(H,20,21,25). The maximum absolute atomic E-state index is 12.4. The van der Waals surface area contributed by atoms with Gasteiger partial charge in [-0.2, -0.15) is 5.10 Å². The number of nitro groups is 1. The number of nitrogens with one attached hydrogen (secondary N) is 1. The molecule has 0 aliphatic carbocycles. The van der Waals surface area contributed by atoms with Gasteiger partial charge in [0.2, 0.25) is 0 Å². The van der Waals surface area contributed by atoms with Crippen LogP contribution < -0.4 is 10.1 Å². The minimum atomic E-state index is -0.517. The molecule has 0 bridgehead atoms. The zero-order valence-electron chi connectivity index (χ0n) is 15.2. The first-order valence-electron chi connectivity index (χ1n) is 8.58. The van der Waals surface area contributed by atoms with E-state index in [2.05, 4.69) is 15.4 Å². The lowest BCUT2D eigenvalue weighted by molar-refractivity contribution is -0.386. The van der Waals surface area contributed by atoms with Crippen molar-refractivity contribution >= 4 is 38.3 Å². The Hall–Kier alpha value is -3.79. The lowest BCUT2D eigenvalue weighted by Crippen LogP contribution is -2.14. The molecule has 0 saturated heterocycles. The Morgan fingerprint density at radius 3 is 2.93 bits per heavy atom. The topological polar surface area (TPSA) is 112 Å². The molecule has 0 atom stereocenters. The minimum Gasteiger partial charge on any atom is -0.464 e. The molecule has 2 aromatic carbocycles. The number of hydrogen-bond donors (Lipinski definition) is 1. The molecule has 0 radical (unpaired) electrons. The maximum atomic E-state index is 12.4. The van der Waals surface area contributed by atoms with Crippen LogP contribution in [-0.4, -0.2) is 25.6 Å². The lowest BCUT2D eigenvalue weighted by atomic mass is 10.2. The normalized spacial score (nSPS) is 10.8. The summed E-state index contributed by atoms with van der Waals surface area (Å²) in [5, 5.41) is 18.4. The molecule has 0 aliphatic heterocycles. The highest BCUT2D eigenvalue weighted by molar-refractivity contribution is 7.22. The van der Waals surface area contributed by atoms with Crippen molar-refractivity contribution in [1.82, 2.24) is 14.8 Å². The highest BCUT2D eigenvalue weighted by Crippen LogP contribution is 2.27. The van der Waals surface area contributed by atoms with E-state index in [4.69, 9.17) is 4.74 Å². The summed E-state index contributed by atoms with van der Waals surface area (Å²) >= 11 is 1.39. The van der Waals surface area contributed by atoms with Crippen LogP contribution in [0.1, 0.15) is 16.1 Å². The van der Waals surface area contributed by atoms with E-state index in [0.717, 1.165) is 15.8 Å². The first kappa shape index (κ1) is 18.6. The summed E-state index contributed by atoms with van der Waals surface area (Å²) in [5.74, 6) is -0.269. The van der Waals surface area contributed by atoms with Crippen molar-refractivity contribution in [3.63, 3.8) is 0 Å². The SMILES string of the molecule is Cc1ccc2nc(NC(=O)c3ccn(COc4ccccc4[N+](=O)[O-])n3)sc2c1. The van der Waals surface area contributed by atoms with E-state index < -0.39 is 10.8 Å². The average molecular weight is 409 g/mol. The summed E-state index contributed by atoms with van der Waals surface area (Å²) in [6, 6.07) is 13.5. The lowest BCUT2D eigenvalue weighted by Gasteiger charge is -2.06. The molecule has 4 rings (SSSR count). The molecule has 10 heteroatoms. The van der Waals surface area contributed by atoms with Gasteiger partial charge in [0.1, 0.15) is 0 Å². The quantitative estimate of drug-likeness (QED) is 0.380. The predicted molar refractivity (Wildman–Crippen MR) is 108 cm³/mol. The molecular weight excluding hydrogens is 394 g/mol. The van der Waals surface area contributed by atoms with Crippen molar-refractivity contribution in [3.8, 4) is 5.75 Å². The van der Waals surface area contributed by atoms with E-state index in [1.165, 1.54) is 34.2 Å². The van der Waals surface area contributed by atoms with Gasteiger partial charge in [-0.1, -0.05) is 29.5 Å². The van der Waals surface area contributed by atoms with Crippen LogP contribution in [0.25, 0.3) is 10.2 Å². The van der Waals surface area contributed by atoms with Crippen LogP contribution in [0.15, 0.2) is 54.7 Å². The maximum Gasteiger partial charge on any atom is 0.311 e. The largest absolute Gasteiger partial charge is 0.464 e. The predicted octanol–water partition coefficient (Wildman–Crippen LogP) is 4.00. The molecule has 146 valence electrons. The van der Waals surface area contributed by atoms with Gasteiger partial charge in [-0.3, -0.25) is 20.2 Å². The van der Waals surface area contributed by atoms with E-state index in [1.54, 1.807) is 18.3 Å². The van der Waals surface area contributed by atoms with Gasteiger partial charge in [0.05, 0.1) is 15.1 Å². The van der Waals surface area contributed by atoms with Crippen molar-refractivity contribution < 1.29 is 14.5 Å². The third kappa shape index (κ3) is 4.06. The fourth-order valence-electron chi connectivity index (χ4n) is 2.67. The second-order valence-electron chi connectivity index (χ2n) is 6.18. The summed E-state index contributed by atoms with van der Waals surface area (Å²) in [4.78, 5) is 27.3. The number of aromatic nitrogens is 3. The van der Waals surface area contributed by atoms with Crippen molar-refractivity contribution in [2.75, 3.05) is 5.32 Å². The number of ether oxygens (including phenoxy) is 1. The minimum absolute atomic E-state index is 0.0709. The number of para-hydroxylation sites is 2. The van der Waals surface area contributed by atoms with Gasteiger partial charge in [0.15, 0.2) is 23.3 Å². The zero-order valence-corrected chi connectivity index (χ0v) is 16.0. The van der Waals surface area contributed by atoms with Crippen LogP contribution in [0.2, 0.25) is 0 Å². The van der Waals surface area contributed by atoms with Crippen molar-refractivity contribution in [2.45, 2.75) is 13.7 Å².